The van der Waals surface area contributed by atoms with E-state index >= 15 is 0 Å². The third kappa shape index (κ3) is 8.13. The number of aromatic nitrogens is 2. The molecule has 1 spiro atoms. The van der Waals surface area contributed by atoms with Gasteiger partial charge >= 0.3 is 18.4 Å². The molecular formula is C36H36F5N7O8. The van der Waals surface area contributed by atoms with E-state index in [-0.39, 0.29) is 35.2 Å². The van der Waals surface area contributed by atoms with Crippen molar-refractivity contribution in [3.63, 3.8) is 0 Å². The van der Waals surface area contributed by atoms with Gasteiger partial charge in [-0.15, -0.1) is 0 Å². The first kappa shape index (κ1) is 39.6. The lowest BCUT2D eigenvalue weighted by atomic mass is 9.84. The van der Waals surface area contributed by atoms with Gasteiger partial charge in [-0.05, 0) is 38.8 Å². The quantitative estimate of drug-likeness (QED) is 0.284. The fraction of sp³-hybridized carbons (Fsp3) is 0.417. The highest BCUT2D eigenvalue weighted by Crippen LogP contribution is 2.46. The van der Waals surface area contributed by atoms with E-state index in [1.807, 2.05) is 12.2 Å². The molecular weight excluding hydrogens is 753 g/mol. The van der Waals surface area contributed by atoms with Crippen molar-refractivity contribution in [3.8, 4) is 5.75 Å². The molecule has 5 heterocycles. The molecule has 0 radical (unpaired) electrons. The monoisotopic (exact) mass is 789 g/mol. The molecule has 15 nitrogen and oxygen atoms in total. The molecule has 1 saturated heterocycles. The summed E-state index contributed by atoms with van der Waals surface area (Å²) in [4.78, 5) is 80.6. The number of pyridine rings is 2. The number of hydrogen-bond donors (Lipinski definition) is 2. The number of oxime groups is 1. The summed E-state index contributed by atoms with van der Waals surface area (Å²) in [5, 5.41) is 8.58. The van der Waals surface area contributed by atoms with E-state index in [9.17, 15) is 45.9 Å². The van der Waals surface area contributed by atoms with Gasteiger partial charge < -0.3 is 34.4 Å². The lowest BCUT2D eigenvalue weighted by molar-refractivity contribution is -0.133. The van der Waals surface area contributed by atoms with Gasteiger partial charge in [0.1, 0.15) is 29.6 Å². The Hall–Kier alpha value is -6.08. The minimum absolute atomic E-state index is 0.0884. The number of rotatable bonds is 9. The molecule has 20 heteroatoms. The second-order valence-electron chi connectivity index (χ2n) is 13.7. The van der Waals surface area contributed by atoms with Crippen LogP contribution in [0.5, 0.6) is 5.75 Å². The number of halogens is 5. The summed E-state index contributed by atoms with van der Waals surface area (Å²) in [6.45, 7) is 1.95. The maximum Gasteiger partial charge on any atom is 0.420 e. The predicted molar refractivity (Wildman–Crippen MR) is 186 cm³/mol. The maximum absolute atomic E-state index is 14.4. The standard InChI is InChI=1S/C36H36F5N7O8/c1-19-14-35(56-45-19)9-8-20(2)47-17-26(35)48-16-24(31(50)44-15-21-6-7-23(37)13-25(21)38)28(49)29(27(48)32(47)51)55-34(53)46(3)30-22(5-4-11-42-30)18-54-33(52)43-12-10-36(39,40)41/h4-7,11,13,16,20,26H,8-10,12,14-15,17-18H2,1-3H3,(H,43,52)(H,44,50)/t20-,26+,35-/m0/s1. The number of anilines is 1. The number of nitrogens with one attached hydrogen (secondary N) is 2. The van der Waals surface area contributed by atoms with E-state index < -0.39 is 96.3 Å². The van der Waals surface area contributed by atoms with Crippen LogP contribution in [0.25, 0.3) is 0 Å². The number of alkyl halides is 3. The molecule has 1 aromatic carbocycles. The fourth-order valence-electron chi connectivity index (χ4n) is 6.89. The molecule has 0 saturated carbocycles. The van der Waals surface area contributed by atoms with Crippen molar-refractivity contribution >= 4 is 35.5 Å². The molecule has 3 aromatic rings. The van der Waals surface area contributed by atoms with Crippen molar-refractivity contribution in [1.82, 2.24) is 25.1 Å². The summed E-state index contributed by atoms with van der Waals surface area (Å²) in [5.41, 5.74) is -2.41. The van der Waals surface area contributed by atoms with Crippen LogP contribution in [-0.2, 0) is 22.7 Å². The highest BCUT2D eigenvalue weighted by atomic mass is 19.4. The number of carbonyl (C=O) groups is 4. The Morgan fingerprint density at radius 1 is 1.12 bits per heavy atom. The van der Waals surface area contributed by atoms with Gasteiger partial charge in [0.2, 0.25) is 11.2 Å². The average Bonchev–Trinajstić information content (AvgIpc) is 3.48. The van der Waals surface area contributed by atoms with Crippen molar-refractivity contribution in [2.75, 3.05) is 25.0 Å². The lowest BCUT2D eigenvalue weighted by Gasteiger charge is -2.42. The van der Waals surface area contributed by atoms with Crippen LogP contribution in [-0.4, -0.2) is 82.1 Å². The molecule has 3 aliphatic heterocycles. The molecule has 4 amide bonds. The van der Waals surface area contributed by atoms with E-state index in [2.05, 4.69) is 15.5 Å². The van der Waals surface area contributed by atoms with Crippen LogP contribution in [0.15, 0.2) is 52.7 Å². The average molecular weight is 790 g/mol. The number of hydrogen-bond acceptors (Lipinski definition) is 10. The van der Waals surface area contributed by atoms with Gasteiger partial charge in [0, 0.05) is 68.7 Å². The van der Waals surface area contributed by atoms with Crippen molar-refractivity contribution in [3.05, 3.63) is 87.0 Å². The number of benzene rings is 1. The third-order valence-corrected chi connectivity index (χ3v) is 9.81. The fourth-order valence-corrected chi connectivity index (χ4v) is 6.89. The van der Waals surface area contributed by atoms with E-state index in [4.69, 9.17) is 14.3 Å². The third-order valence-electron chi connectivity index (χ3n) is 9.81. The number of nitrogens with zero attached hydrogens (tertiary/aromatic N) is 5. The highest BCUT2D eigenvalue weighted by Gasteiger charge is 2.54. The van der Waals surface area contributed by atoms with E-state index in [1.165, 1.54) is 34.8 Å². The van der Waals surface area contributed by atoms with Crippen molar-refractivity contribution in [1.29, 1.82) is 0 Å². The Balaban J connectivity index is 1.35. The molecule has 1 fully saturated rings. The number of fused-ring (bicyclic) bond motifs is 5. The molecule has 2 aromatic heterocycles. The van der Waals surface area contributed by atoms with E-state index in [0.717, 1.165) is 23.2 Å². The first-order valence-corrected chi connectivity index (χ1v) is 17.4. The minimum Gasteiger partial charge on any atom is -0.445 e. The van der Waals surface area contributed by atoms with Gasteiger partial charge in [-0.25, -0.2) is 23.4 Å². The van der Waals surface area contributed by atoms with Crippen molar-refractivity contribution in [2.24, 2.45) is 5.16 Å². The van der Waals surface area contributed by atoms with Crippen LogP contribution in [0.3, 0.4) is 0 Å². The summed E-state index contributed by atoms with van der Waals surface area (Å²) in [6.07, 6.45) is -4.49. The van der Waals surface area contributed by atoms with Crippen LogP contribution >= 0.6 is 0 Å². The van der Waals surface area contributed by atoms with Crippen LogP contribution in [0.1, 0.15) is 77.5 Å². The maximum atomic E-state index is 14.4. The lowest BCUT2D eigenvalue weighted by Crippen LogP contribution is -2.52. The predicted octanol–water partition coefficient (Wildman–Crippen LogP) is 4.98. The van der Waals surface area contributed by atoms with Crippen molar-refractivity contribution < 1.29 is 55.4 Å². The summed E-state index contributed by atoms with van der Waals surface area (Å²) in [7, 11) is 1.20. The Morgan fingerprint density at radius 3 is 2.59 bits per heavy atom. The summed E-state index contributed by atoms with van der Waals surface area (Å²) < 4.78 is 77.5. The zero-order valence-electron chi connectivity index (χ0n) is 30.2. The zero-order chi connectivity index (χ0) is 40.5. The largest absolute Gasteiger partial charge is 0.445 e. The van der Waals surface area contributed by atoms with Gasteiger partial charge in [0.15, 0.2) is 11.3 Å². The van der Waals surface area contributed by atoms with Gasteiger partial charge in [-0.3, -0.25) is 19.3 Å². The van der Waals surface area contributed by atoms with Crippen LogP contribution < -0.4 is 25.7 Å². The van der Waals surface area contributed by atoms with Gasteiger partial charge in [-0.1, -0.05) is 17.3 Å². The number of amides is 4. The topological polar surface area (TPSA) is 174 Å². The zero-order valence-corrected chi connectivity index (χ0v) is 30.2. The first-order valence-electron chi connectivity index (χ1n) is 17.4. The molecule has 6 rings (SSSR count). The van der Waals surface area contributed by atoms with Crippen molar-refractivity contribution in [2.45, 2.75) is 76.5 Å². The van der Waals surface area contributed by atoms with Crippen LogP contribution in [0.2, 0.25) is 0 Å². The Bertz CT molecular complexity index is 2160. The number of alkyl carbamates (subject to hydrolysis) is 1. The molecule has 3 aliphatic rings. The number of ether oxygens (including phenoxy) is 2. The second-order valence-corrected chi connectivity index (χ2v) is 13.7. The smallest absolute Gasteiger partial charge is 0.420 e. The summed E-state index contributed by atoms with van der Waals surface area (Å²) in [6, 6.07) is 4.51. The van der Waals surface area contributed by atoms with Gasteiger partial charge in [0.05, 0.1) is 18.2 Å². The molecule has 2 N–H and O–H groups in total. The summed E-state index contributed by atoms with van der Waals surface area (Å²) in [5.74, 6) is -4.43. The minimum atomic E-state index is -4.50. The van der Waals surface area contributed by atoms with Gasteiger partial charge in [-0.2, -0.15) is 13.2 Å². The van der Waals surface area contributed by atoms with Gasteiger partial charge in [0.25, 0.3) is 11.8 Å². The Morgan fingerprint density at radius 2 is 1.89 bits per heavy atom. The molecule has 2 bridgehead atoms. The Kier molecular flexibility index (Phi) is 11.0. The normalized spacial score (nSPS) is 20.0. The van der Waals surface area contributed by atoms with E-state index in [0.29, 0.717) is 31.0 Å². The van der Waals surface area contributed by atoms with Crippen LogP contribution in [0, 0.1) is 11.6 Å². The highest BCUT2D eigenvalue weighted by molar-refractivity contribution is 6.01. The SMILES string of the molecule is CC1=NO[C@@]2(CC[C@H](C)N3C[C@H]2n2cc(C(=O)NCc4ccc(F)cc4F)c(=O)c(OC(=O)N(C)c4ncccc4COC(=O)NCCC(F)(F)F)c2C3=O)C1. The molecule has 0 aliphatic carbocycles. The molecule has 3 atom stereocenters. The summed E-state index contributed by atoms with van der Waals surface area (Å²) >= 11 is 0. The first-order chi connectivity index (χ1) is 26.5. The molecule has 298 valence electrons. The van der Waals surface area contributed by atoms with Crippen LogP contribution in [0.4, 0.5) is 37.4 Å². The molecule has 0 unspecified atom stereocenters. The number of carbonyl (C=O) groups excluding carboxylic acids is 4. The Labute approximate surface area is 315 Å². The second kappa shape index (κ2) is 15.6. The molecule has 56 heavy (non-hydrogen) atoms. The van der Waals surface area contributed by atoms with E-state index in [1.54, 1.807) is 6.92 Å².